The van der Waals surface area contributed by atoms with Crippen molar-refractivity contribution < 1.29 is 18.9 Å². The minimum Gasteiger partial charge on any atom is -0.493 e. The van der Waals surface area contributed by atoms with Crippen molar-refractivity contribution in [1.29, 1.82) is 0 Å². The molecule has 2 N–H and O–H groups in total. The largest absolute Gasteiger partial charge is 0.493 e. The molecule has 1 heterocycles. The molecule has 0 spiro atoms. The van der Waals surface area contributed by atoms with Gasteiger partial charge in [0.2, 0.25) is 0 Å². The lowest BCUT2D eigenvalue weighted by atomic mass is 10.0. The quantitative estimate of drug-likeness (QED) is 0.285. The lowest BCUT2D eigenvalue weighted by molar-refractivity contribution is 0.0167. The molecule has 2 rings (SSSR count). The van der Waals surface area contributed by atoms with Crippen molar-refractivity contribution in [1.82, 2.24) is 15.5 Å². The van der Waals surface area contributed by atoms with Crippen molar-refractivity contribution in [2.45, 2.75) is 25.5 Å². The van der Waals surface area contributed by atoms with E-state index in [1.54, 1.807) is 28.4 Å². The number of rotatable bonds is 9. The van der Waals surface area contributed by atoms with Crippen LogP contribution >= 0.6 is 24.0 Å². The fourth-order valence-corrected chi connectivity index (χ4v) is 3.19. The monoisotopic (exact) mass is 536 g/mol. The van der Waals surface area contributed by atoms with Gasteiger partial charge < -0.3 is 29.6 Å². The maximum Gasteiger partial charge on any atom is 0.191 e. The highest BCUT2D eigenvalue weighted by Gasteiger charge is 2.24. The van der Waals surface area contributed by atoms with Gasteiger partial charge in [0.25, 0.3) is 0 Å². The Balaban J connectivity index is 0.00000450. The molecule has 1 saturated heterocycles. The maximum absolute atomic E-state index is 5.55. The first-order valence-corrected chi connectivity index (χ1v) is 9.97. The Bertz CT molecular complexity index is 666. The molecule has 1 aliphatic rings. The Morgan fingerprint density at radius 1 is 1.13 bits per heavy atom. The van der Waals surface area contributed by atoms with Crippen molar-refractivity contribution in [2.75, 3.05) is 67.8 Å². The SMILES string of the molecule is CN=C(NCC(c1ccc(OC)c(OC)c1)N1CCOCC1)NCC(C)(C)OC.I. The number of hydrogen-bond donors (Lipinski definition) is 2. The molecule has 1 aliphatic heterocycles. The molecule has 9 heteroatoms. The zero-order valence-electron chi connectivity index (χ0n) is 19.0. The first kappa shape index (κ1) is 26.7. The van der Waals surface area contributed by atoms with Crippen molar-refractivity contribution in [3.8, 4) is 11.5 Å². The first-order valence-electron chi connectivity index (χ1n) is 9.97. The van der Waals surface area contributed by atoms with Gasteiger partial charge in [0.05, 0.1) is 39.1 Å². The number of nitrogens with zero attached hydrogens (tertiary/aromatic N) is 2. The standard InChI is InChI=1S/C21H36N4O4.HI/c1-21(2,28-6)15-24-20(22-3)23-14-17(25-9-11-29-12-10-25)16-7-8-18(26-4)19(13-16)27-5;/h7-8,13,17H,9-12,14-15H2,1-6H3,(H2,22,23,24);1H. The third-order valence-corrected chi connectivity index (χ3v) is 5.20. The summed E-state index contributed by atoms with van der Waals surface area (Å²) >= 11 is 0. The smallest absolute Gasteiger partial charge is 0.191 e. The molecular weight excluding hydrogens is 499 g/mol. The third-order valence-electron chi connectivity index (χ3n) is 5.20. The second-order valence-corrected chi connectivity index (χ2v) is 7.55. The summed E-state index contributed by atoms with van der Waals surface area (Å²) in [6.07, 6.45) is 0. The number of aliphatic imine (C=N–C) groups is 1. The Morgan fingerprint density at radius 2 is 1.80 bits per heavy atom. The molecule has 8 nitrogen and oxygen atoms in total. The number of morpholine rings is 1. The number of ether oxygens (including phenoxy) is 4. The van der Waals surface area contributed by atoms with Crippen molar-refractivity contribution in [2.24, 2.45) is 4.99 Å². The topological polar surface area (TPSA) is 76.6 Å². The summed E-state index contributed by atoms with van der Waals surface area (Å²) in [7, 11) is 6.79. The zero-order chi connectivity index (χ0) is 21.3. The van der Waals surface area contributed by atoms with E-state index in [4.69, 9.17) is 18.9 Å². The highest BCUT2D eigenvalue weighted by Crippen LogP contribution is 2.32. The van der Waals surface area contributed by atoms with E-state index in [2.05, 4.69) is 26.6 Å². The molecule has 172 valence electrons. The van der Waals surface area contributed by atoms with E-state index in [1.807, 2.05) is 26.0 Å². The molecule has 30 heavy (non-hydrogen) atoms. The summed E-state index contributed by atoms with van der Waals surface area (Å²) in [5.41, 5.74) is 0.884. The minimum absolute atomic E-state index is 0. The molecule has 0 aliphatic carbocycles. The van der Waals surface area contributed by atoms with Crippen LogP contribution in [0.2, 0.25) is 0 Å². The van der Waals surface area contributed by atoms with Crippen LogP contribution in [0.1, 0.15) is 25.5 Å². The molecule has 0 aromatic heterocycles. The Labute approximate surface area is 197 Å². The van der Waals surface area contributed by atoms with E-state index in [0.717, 1.165) is 49.3 Å². The molecular formula is C21H37IN4O4. The predicted molar refractivity (Wildman–Crippen MR) is 131 cm³/mol. The van der Waals surface area contributed by atoms with E-state index in [1.165, 1.54) is 0 Å². The normalized spacial score (nSPS) is 16.4. The fourth-order valence-electron chi connectivity index (χ4n) is 3.19. The molecule has 1 fully saturated rings. The second kappa shape index (κ2) is 13.2. The molecule has 1 atom stereocenters. The van der Waals surface area contributed by atoms with Gasteiger partial charge in [-0.05, 0) is 31.5 Å². The average Bonchev–Trinajstić information content (AvgIpc) is 2.76. The van der Waals surface area contributed by atoms with Gasteiger partial charge >= 0.3 is 0 Å². The van der Waals surface area contributed by atoms with Gasteiger partial charge in [0.1, 0.15) is 0 Å². The zero-order valence-corrected chi connectivity index (χ0v) is 21.3. The predicted octanol–water partition coefficient (Wildman–Crippen LogP) is 2.29. The van der Waals surface area contributed by atoms with Crippen LogP contribution in [0.25, 0.3) is 0 Å². The van der Waals surface area contributed by atoms with Crippen LogP contribution in [0, 0.1) is 0 Å². The van der Waals surface area contributed by atoms with Crippen LogP contribution in [0.5, 0.6) is 11.5 Å². The van der Waals surface area contributed by atoms with Crippen LogP contribution in [-0.4, -0.2) is 84.2 Å². The highest BCUT2D eigenvalue weighted by molar-refractivity contribution is 14.0. The number of methoxy groups -OCH3 is 3. The van der Waals surface area contributed by atoms with Crippen LogP contribution in [0.3, 0.4) is 0 Å². The first-order chi connectivity index (χ1) is 13.9. The summed E-state index contributed by atoms with van der Waals surface area (Å²) in [6.45, 7) is 8.65. The maximum atomic E-state index is 5.55. The second-order valence-electron chi connectivity index (χ2n) is 7.55. The van der Waals surface area contributed by atoms with E-state index in [0.29, 0.717) is 13.1 Å². The van der Waals surface area contributed by atoms with Crippen LogP contribution in [0.15, 0.2) is 23.2 Å². The molecule has 0 bridgehead atoms. The fraction of sp³-hybridized carbons (Fsp3) is 0.667. The molecule has 1 aromatic carbocycles. The summed E-state index contributed by atoms with van der Waals surface area (Å²) < 4.78 is 21.9. The Hall–Kier alpha value is -1.30. The lowest BCUT2D eigenvalue weighted by Crippen LogP contribution is -2.48. The van der Waals surface area contributed by atoms with Gasteiger partial charge in [-0.15, -0.1) is 24.0 Å². The molecule has 1 aromatic rings. The van der Waals surface area contributed by atoms with Crippen LogP contribution < -0.4 is 20.1 Å². The minimum atomic E-state index is -0.273. The van der Waals surface area contributed by atoms with Crippen molar-refractivity contribution in [3.63, 3.8) is 0 Å². The van der Waals surface area contributed by atoms with Gasteiger partial charge in [-0.3, -0.25) is 9.89 Å². The van der Waals surface area contributed by atoms with Crippen molar-refractivity contribution >= 4 is 29.9 Å². The molecule has 0 amide bonds. The van der Waals surface area contributed by atoms with Gasteiger partial charge in [0.15, 0.2) is 17.5 Å². The van der Waals surface area contributed by atoms with Crippen molar-refractivity contribution in [3.05, 3.63) is 23.8 Å². The van der Waals surface area contributed by atoms with E-state index in [9.17, 15) is 0 Å². The highest BCUT2D eigenvalue weighted by atomic mass is 127. The molecule has 0 saturated carbocycles. The summed E-state index contributed by atoms with van der Waals surface area (Å²) in [5.74, 6) is 2.20. The number of guanidine groups is 1. The number of hydrogen-bond acceptors (Lipinski definition) is 6. The van der Waals surface area contributed by atoms with E-state index < -0.39 is 0 Å². The Kier molecular flexibility index (Phi) is 11.7. The van der Waals surface area contributed by atoms with Gasteiger partial charge in [-0.2, -0.15) is 0 Å². The Morgan fingerprint density at radius 3 is 2.37 bits per heavy atom. The van der Waals surface area contributed by atoms with E-state index >= 15 is 0 Å². The van der Waals surface area contributed by atoms with Crippen LogP contribution in [0.4, 0.5) is 0 Å². The number of nitrogens with one attached hydrogen (secondary N) is 2. The number of benzene rings is 1. The number of halogens is 1. The average molecular weight is 536 g/mol. The summed E-state index contributed by atoms with van der Waals surface area (Å²) in [6, 6.07) is 6.24. The van der Waals surface area contributed by atoms with Gasteiger partial charge in [-0.1, -0.05) is 6.07 Å². The summed E-state index contributed by atoms with van der Waals surface area (Å²) in [4.78, 5) is 6.77. The summed E-state index contributed by atoms with van der Waals surface area (Å²) in [5, 5.41) is 6.79. The van der Waals surface area contributed by atoms with Gasteiger partial charge in [-0.25, -0.2) is 0 Å². The third kappa shape index (κ3) is 7.75. The van der Waals surface area contributed by atoms with Gasteiger partial charge in [0, 0.05) is 40.3 Å². The molecule has 0 radical (unpaired) electrons. The molecule has 1 unspecified atom stereocenters. The lowest BCUT2D eigenvalue weighted by Gasteiger charge is -2.35. The van der Waals surface area contributed by atoms with Crippen LogP contribution in [-0.2, 0) is 9.47 Å². The van der Waals surface area contributed by atoms with E-state index in [-0.39, 0.29) is 35.6 Å².